The van der Waals surface area contributed by atoms with Crippen LogP contribution in [0.5, 0.6) is 0 Å². The Hall–Kier alpha value is -3.17. The molecular weight excluding hydrogens is 602 g/mol. The van der Waals surface area contributed by atoms with Gasteiger partial charge in [0.1, 0.15) is 6.04 Å². The number of hydrogen-bond acceptors (Lipinski definition) is 4. The molecule has 2 amide bonds. The molecule has 0 saturated carbocycles. The number of carbonyl (C=O) groups is 2. The third kappa shape index (κ3) is 10.0. The maximum Gasteiger partial charge on any atom is 0.243 e. The van der Waals surface area contributed by atoms with E-state index in [4.69, 9.17) is 0 Å². The van der Waals surface area contributed by atoms with Gasteiger partial charge in [0.05, 0.1) is 11.9 Å². The van der Waals surface area contributed by atoms with Crippen LogP contribution in [0.3, 0.4) is 0 Å². The van der Waals surface area contributed by atoms with Crippen molar-refractivity contribution in [3.63, 3.8) is 0 Å². The molecule has 3 aromatic carbocycles. The highest BCUT2D eigenvalue weighted by atomic mass is 79.9. The summed E-state index contributed by atoms with van der Waals surface area (Å²) in [7, 11) is -3.55. The van der Waals surface area contributed by atoms with E-state index in [9.17, 15) is 18.0 Å². The summed E-state index contributed by atoms with van der Waals surface area (Å²) in [6.07, 6.45) is 3.76. The van der Waals surface area contributed by atoms with Gasteiger partial charge in [-0.3, -0.25) is 13.9 Å². The number of nitrogens with zero attached hydrogens (tertiary/aromatic N) is 2. The molecule has 7 nitrogen and oxygen atoms in total. The van der Waals surface area contributed by atoms with Crippen molar-refractivity contribution in [3.05, 3.63) is 100 Å². The van der Waals surface area contributed by atoms with Crippen molar-refractivity contribution in [1.82, 2.24) is 10.2 Å². The normalized spacial score (nSPS) is 12.0. The fourth-order valence-corrected chi connectivity index (χ4v) is 5.96. The standard InChI is InChI=1S/C32H40BrN3O4S/c1-4-5-21-34-32(38)30(23-26-13-7-6-8-14-26)35(24-27-17-19-28(33)20-18-27)31(37)16-11-22-36(41(3,39)40)29-15-10-9-12-25(29)2/h6-10,12-15,17-20,30H,4-5,11,16,21-24H2,1-3H3,(H,34,38). The number of benzene rings is 3. The van der Waals surface area contributed by atoms with Crippen molar-refractivity contribution >= 4 is 43.5 Å². The fraction of sp³-hybridized carbons (Fsp3) is 0.375. The first-order chi connectivity index (χ1) is 19.6. The van der Waals surface area contributed by atoms with Crippen molar-refractivity contribution in [2.45, 2.75) is 58.5 Å². The largest absolute Gasteiger partial charge is 0.354 e. The summed E-state index contributed by atoms with van der Waals surface area (Å²) in [5.41, 5.74) is 3.30. The van der Waals surface area contributed by atoms with Crippen molar-refractivity contribution in [1.29, 1.82) is 0 Å². The van der Waals surface area contributed by atoms with Gasteiger partial charge in [-0.25, -0.2) is 8.42 Å². The summed E-state index contributed by atoms with van der Waals surface area (Å²) in [6, 6.07) is 24.0. The predicted octanol–water partition coefficient (Wildman–Crippen LogP) is 5.86. The molecule has 0 bridgehead atoms. The predicted molar refractivity (Wildman–Crippen MR) is 169 cm³/mol. The average molecular weight is 643 g/mol. The number of sulfonamides is 1. The van der Waals surface area contributed by atoms with E-state index in [1.165, 1.54) is 10.6 Å². The lowest BCUT2D eigenvalue weighted by atomic mass is 10.0. The van der Waals surface area contributed by atoms with Crippen LogP contribution >= 0.6 is 15.9 Å². The van der Waals surface area contributed by atoms with Gasteiger partial charge in [-0.1, -0.05) is 89.9 Å². The molecule has 0 saturated heterocycles. The molecular formula is C32H40BrN3O4S. The maximum absolute atomic E-state index is 13.9. The van der Waals surface area contributed by atoms with Crippen LogP contribution in [-0.2, 0) is 32.6 Å². The molecule has 0 heterocycles. The van der Waals surface area contributed by atoms with Gasteiger partial charge in [0.2, 0.25) is 21.8 Å². The number of carbonyl (C=O) groups excluding carboxylic acids is 2. The van der Waals surface area contributed by atoms with Crippen molar-refractivity contribution in [2.75, 3.05) is 23.7 Å². The lowest BCUT2D eigenvalue weighted by molar-refractivity contribution is -0.141. The number of aryl methyl sites for hydroxylation is 1. The van der Waals surface area contributed by atoms with Gasteiger partial charge in [-0.05, 0) is 54.7 Å². The highest BCUT2D eigenvalue weighted by Gasteiger charge is 2.30. The van der Waals surface area contributed by atoms with Crippen LogP contribution < -0.4 is 9.62 Å². The SMILES string of the molecule is CCCCNC(=O)C(Cc1ccccc1)N(Cc1ccc(Br)cc1)C(=O)CCCN(c1ccccc1C)S(C)(=O)=O. The van der Waals surface area contributed by atoms with Crippen LogP contribution in [0, 0.1) is 6.92 Å². The van der Waals surface area contributed by atoms with Crippen LogP contribution in [0.1, 0.15) is 49.3 Å². The molecule has 0 aromatic heterocycles. The molecule has 0 aliphatic carbocycles. The van der Waals surface area contributed by atoms with Gasteiger partial charge >= 0.3 is 0 Å². The Morgan fingerprint density at radius 1 is 0.902 bits per heavy atom. The Labute approximate surface area is 253 Å². The maximum atomic E-state index is 13.9. The lowest BCUT2D eigenvalue weighted by Gasteiger charge is -2.32. The molecule has 0 spiro atoms. The summed E-state index contributed by atoms with van der Waals surface area (Å²) in [4.78, 5) is 29.1. The van der Waals surface area contributed by atoms with Crippen molar-refractivity contribution in [2.24, 2.45) is 0 Å². The number of nitrogens with one attached hydrogen (secondary N) is 1. The zero-order chi connectivity index (χ0) is 29.8. The number of anilines is 1. The number of unbranched alkanes of at least 4 members (excludes halogenated alkanes) is 1. The molecule has 0 radical (unpaired) electrons. The average Bonchev–Trinajstić information content (AvgIpc) is 2.94. The molecule has 0 fully saturated rings. The topological polar surface area (TPSA) is 86.8 Å². The van der Waals surface area contributed by atoms with Crippen LogP contribution in [0.25, 0.3) is 0 Å². The first-order valence-corrected chi connectivity index (χ1v) is 16.6. The van der Waals surface area contributed by atoms with E-state index in [0.717, 1.165) is 34.0 Å². The monoisotopic (exact) mass is 641 g/mol. The van der Waals surface area contributed by atoms with Crippen LogP contribution in [0.15, 0.2) is 83.3 Å². The Morgan fingerprint density at radius 3 is 2.20 bits per heavy atom. The molecule has 0 aliphatic rings. The van der Waals surface area contributed by atoms with E-state index in [1.54, 1.807) is 17.0 Å². The number of para-hydroxylation sites is 1. The fourth-order valence-electron chi connectivity index (χ4n) is 4.67. The van der Waals surface area contributed by atoms with Crippen LogP contribution in [0.2, 0.25) is 0 Å². The number of amides is 2. The van der Waals surface area contributed by atoms with Crippen LogP contribution in [0.4, 0.5) is 5.69 Å². The van der Waals surface area contributed by atoms with Gasteiger partial charge < -0.3 is 10.2 Å². The number of rotatable bonds is 15. The third-order valence-electron chi connectivity index (χ3n) is 6.90. The lowest BCUT2D eigenvalue weighted by Crippen LogP contribution is -2.50. The van der Waals surface area contributed by atoms with E-state index in [-0.39, 0.29) is 31.3 Å². The minimum atomic E-state index is -3.55. The Kier molecular flexibility index (Phi) is 12.4. The van der Waals surface area contributed by atoms with Gasteiger partial charge in [0.25, 0.3) is 0 Å². The van der Waals surface area contributed by atoms with Crippen LogP contribution in [-0.4, -0.2) is 50.5 Å². The summed E-state index contributed by atoms with van der Waals surface area (Å²) in [6.45, 7) is 4.89. The number of hydrogen-bond donors (Lipinski definition) is 1. The molecule has 9 heteroatoms. The smallest absolute Gasteiger partial charge is 0.243 e. The van der Waals surface area contributed by atoms with Gasteiger partial charge in [-0.15, -0.1) is 0 Å². The second kappa shape index (κ2) is 15.7. The Morgan fingerprint density at radius 2 is 1.56 bits per heavy atom. The first kappa shape index (κ1) is 32.3. The van der Waals surface area contributed by atoms with Crippen molar-refractivity contribution in [3.8, 4) is 0 Å². The highest BCUT2D eigenvalue weighted by molar-refractivity contribution is 9.10. The summed E-state index contributed by atoms with van der Waals surface area (Å²) < 4.78 is 27.6. The second-order valence-electron chi connectivity index (χ2n) is 10.2. The molecule has 1 unspecified atom stereocenters. The summed E-state index contributed by atoms with van der Waals surface area (Å²) >= 11 is 3.46. The van der Waals surface area contributed by atoms with Crippen molar-refractivity contribution < 1.29 is 18.0 Å². The molecule has 0 aliphatic heterocycles. The molecule has 3 rings (SSSR count). The summed E-state index contributed by atoms with van der Waals surface area (Å²) in [5, 5.41) is 3.03. The number of halogens is 1. The molecule has 220 valence electrons. The van der Waals surface area contributed by atoms with E-state index < -0.39 is 16.1 Å². The Balaban J connectivity index is 1.87. The first-order valence-electron chi connectivity index (χ1n) is 14.0. The highest BCUT2D eigenvalue weighted by Crippen LogP contribution is 2.23. The quantitative estimate of drug-likeness (QED) is 0.211. The Bertz CT molecular complexity index is 1380. The van der Waals surface area contributed by atoms with E-state index in [1.807, 2.05) is 73.7 Å². The second-order valence-corrected chi connectivity index (χ2v) is 13.0. The molecule has 1 N–H and O–H groups in total. The molecule has 41 heavy (non-hydrogen) atoms. The minimum Gasteiger partial charge on any atom is -0.354 e. The zero-order valence-corrected chi connectivity index (χ0v) is 26.5. The van der Waals surface area contributed by atoms with E-state index >= 15 is 0 Å². The van der Waals surface area contributed by atoms with E-state index in [0.29, 0.717) is 25.1 Å². The minimum absolute atomic E-state index is 0.0992. The molecule has 1 atom stereocenters. The third-order valence-corrected chi connectivity index (χ3v) is 8.61. The van der Waals surface area contributed by atoms with Gasteiger partial charge in [0.15, 0.2) is 0 Å². The summed E-state index contributed by atoms with van der Waals surface area (Å²) in [5.74, 6) is -0.386. The zero-order valence-electron chi connectivity index (χ0n) is 24.1. The molecule has 3 aromatic rings. The van der Waals surface area contributed by atoms with E-state index in [2.05, 4.69) is 28.2 Å². The van der Waals surface area contributed by atoms with Gasteiger partial charge in [0, 0.05) is 36.9 Å². The van der Waals surface area contributed by atoms with Gasteiger partial charge in [-0.2, -0.15) is 0 Å².